The summed E-state index contributed by atoms with van der Waals surface area (Å²) >= 11 is 0. The summed E-state index contributed by atoms with van der Waals surface area (Å²) < 4.78 is 22.6. The Labute approximate surface area is 180 Å². The Morgan fingerprint density at radius 1 is 0.968 bits per heavy atom. The molecule has 2 aliphatic rings. The largest absolute Gasteiger partial charge is 0.497 e. The molecular weight excluding hydrogens is 392 g/mol. The second-order valence-corrected chi connectivity index (χ2v) is 7.28. The number of allylic oxidation sites excluding steroid dienone is 1. The molecule has 0 spiro atoms. The predicted molar refractivity (Wildman–Crippen MR) is 117 cm³/mol. The van der Waals surface area contributed by atoms with Gasteiger partial charge in [-0.15, -0.1) is 0 Å². The van der Waals surface area contributed by atoms with Gasteiger partial charge in [-0.3, -0.25) is 4.79 Å². The molecule has 0 aromatic heterocycles. The van der Waals surface area contributed by atoms with E-state index in [-0.39, 0.29) is 11.5 Å². The van der Waals surface area contributed by atoms with Crippen molar-refractivity contribution in [2.75, 3.05) is 13.7 Å². The van der Waals surface area contributed by atoms with E-state index in [0.29, 0.717) is 30.3 Å². The van der Waals surface area contributed by atoms with Gasteiger partial charge < -0.3 is 18.9 Å². The third kappa shape index (κ3) is 3.90. The van der Waals surface area contributed by atoms with Gasteiger partial charge in [-0.2, -0.15) is 0 Å². The summed E-state index contributed by atoms with van der Waals surface area (Å²) in [4.78, 5) is 12.8. The molecule has 5 rings (SSSR count). The first-order valence-corrected chi connectivity index (χ1v) is 9.96. The van der Waals surface area contributed by atoms with E-state index in [1.165, 1.54) is 0 Å². The van der Waals surface area contributed by atoms with Crippen molar-refractivity contribution in [1.29, 1.82) is 0 Å². The second kappa shape index (κ2) is 8.03. The zero-order valence-electron chi connectivity index (χ0n) is 17.0. The predicted octanol–water partition coefficient (Wildman–Crippen LogP) is 5.21. The minimum atomic E-state index is -0.142. The number of rotatable bonds is 5. The molecule has 0 bridgehead atoms. The fourth-order valence-electron chi connectivity index (χ4n) is 3.53. The number of methoxy groups -OCH3 is 1. The summed E-state index contributed by atoms with van der Waals surface area (Å²) in [6.45, 7) is 0.798. The van der Waals surface area contributed by atoms with Crippen molar-refractivity contribution in [3.05, 3.63) is 101 Å². The molecule has 5 heteroatoms. The van der Waals surface area contributed by atoms with Crippen LogP contribution >= 0.6 is 0 Å². The Balaban J connectivity index is 1.31. The van der Waals surface area contributed by atoms with Gasteiger partial charge in [0.1, 0.15) is 36.2 Å². The number of ether oxygens (including phenoxy) is 4. The topological polar surface area (TPSA) is 54.0 Å². The van der Waals surface area contributed by atoms with Crippen LogP contribution in [0.1, 0.15) is 21.5 Å². The Bertz CT molecular complexity index is 1200. The van der Waals surface area contributed by atoms with Gasteiger partial charge in [0.05, 0.1) is 12.7 Å². The van der Waals surface area contributed by atoms with Gasteiger partial charge in [0.25, 0.3) is 0 Å². The SMILES string of the molecule is COc1ccc(COc2ccc3c(c2)O/C(=C\C2=Cc4ccccc4OC2)C3=O)cc1. The molecular formula is C26H20O5. The normalized spacial score (nSPS) is 15.5. The van der Waals surface area contributed by atoms with Crippen molar-refractivity contribution in [2.45, 2.75) is 6.61 Å². The number of hydrogen-bond acceptors (Lipinski definition) is 5. The van der Waals surface area contributed by atoms with Crippen molar-refractivity contribution in [3.63, 3.8) is 0 Å². The van der Waals surface area contributed by atoms with Crippen LogP contribution in [0, 0.1) is 0 Å². The zero-order valence-corrected chi connectivity index (χ0v) is 17.0. The molecule has 0 amide bonds. The maximum absolute atomic E-state index is 12.8. The van der Waals surface area contributed by atoms with Crippen LogP contribution < -0.4 is 18.9 Å². The fourth-order valence-corrected chi connectivity index (χ4v) is 3.53. The molecule has 0 radical (unpaired) electrons. The van der Waals surface area contributed by atoms with Crippen LogP contribution in [0.15, 0.2) is 84.1 Å². The van der Waals surface area contributed by atoms with Gasteiger partial charge in [-0.05, 0) is 53.6 Å². The Morgan fingerprint density at radius 2 is 1.77 bits per heavy atom. The van der Waals surface area contributed by atoms with Crippen molar-refractivity contribution < 1.29 is 23.7 Å². The lowest BCUT2D eigenvalue weighted by Crippen LogP contribution is -2.08. The fraction of sp³-hybridized carbons (Fsp3) is 0.115. The summed E-state index contributed by atoms with van der Waals surface area (Å²) in [5, 5.41) is 0. The Morgan fingerprint density at radius 3 is 2.61 bits per heavy atom. The molecule has 0 unspecified atom stereocenters. The minimum Gasteiger partial charge on any atom is -0.497 e. The number of benzene rings is 3. The lowest BCUT2D eigenvalue weighted by Gasteiger charge is -2.15. The molecule has 0 aliphatic carbocycles. The zero-order chi connectivity index (χ0) is 21.2. The van der Waals surface area contributed by atoms with Crippen molar-refractivity contribution in [1.82, 2.24) is 0 Å². The molecule has 0 saturated carbocycles. The van der Waals surface area contributed by atoms with E-state index in [1.54, 1.807) is 31.4 Å². The van der Waals surface area contributed by atoms with Crippen LogP contribution in [-0.4, -0.2) is 19.5 Å². The minimum absolute atomic E-state index is 0.142. The van der Waals surface area contributed by atoms with Crippen molar-refractivity contribution in [2.24, 2.45) is 0 Å². The second-order valence-electron chi connectivity index (χ2n) is 7.28. The summed E-state index contributed by atoms with van der Waals surface area (Å²) in [5.74, 6) is 2.92. The summed E-state index contributed by atoms with van der Waals surface area (Å²) in [7, 11) is 1.64. The molecule has 2 aliphatic heterocycles. The van der Waals surface area contributed by atoms with Gasteiger partial charge >= 0.3 is 0 Å². The molecule has 3 aromatic rings. The van der Waals surface area contributed by atoms with Crippen molar-refractivity contribution >= 4 is 11.9 Å². The van der Waals surface area contributed by atoms with E-state index in [1.807, 2.05) is 54.6 Å². The maximum atomic E-state index is 12.8. The number of para-hydroxylation sites is 1. The highest BCUT2D eigenvalue weighted by Crippen LogP contribution is 2.35. The summed E-state index contributed by atoms with van der Waals surface area (Å²) in [6.07, 6.45) is 3.75. The van der Waals surface area contributed by atoms with Crippen LogP contribution in [-0.2, 0) is 6.61 Å². The smallest absolute Gasteiger partial charge is 0.231 e. The van der Waals surface area contributed by atoms with E-state index >= 15 is 0 Å². The summed E-state index contributed by atoms with van der Waals surface area (Å²) in [5.41, 5.74) is 3.41. The number of carbonyl (C=O) groups is 1. The lowest BCUT2D eigenvalue weighted by molar-refractivity contribution is 0.101. The lowest BCUT2D eigenvalue weighted by atomic mass is 10.1. The third-order valence-electron chi connectivity index (χ3n) is 5.18. The van der Waals surface area contributed by atoms with Gasteiger partial charge in [0.2, 0.25) is 5.78 Å². The first kappa shape index (κ1) is 19.0. The van der Waals surface area contributed by atoms with E-state index in [2.05, 4.69) is 0 Å². The molecule has 3 aromatic carbocycles. The molecule has 0 N–H and O–H groups in total. The highest BCUT2D eigenvalue weighted by molar-refractivity contribution is 6.12. The first-order valence-electron chi connectivity index (χ1n) is 9.96. The van der Waals surface area contributed by atoms with E-state index in [4.69, 9.17) is 18.9 Å². The van der Waals surface area contributed by atoms with Crippen LogP contribution in [0.4, 0.5) is 0 Å². The third-order valence-corrected chi connectivity index (χ3v) is 5.18. The molecule has 5 nitrogen and oxygen atoms in total. The van der Waals surface area contributed by atoms with Crippen LogP contribution in [0.2, 0.25) is 0 Å². The van der Waals surface area contributed by atoms with Gasteiger partial charge in [0, 0.05) is 11.6 Å². The average Bonchev–Trinajstić information content (AvgIpc) is 3.12. The average molecular weight is 412 g/mol. The number of carbonyl (C=O) groups excluding carboxylic acids is 1. The van der Waals surface area contributed by atoms with Gasteiger partial charge in [-0.25, -0.2) is 0 Å². The van der Waals surface area contributed by atoms with Crippen molar-refractivity contribution in [3.8, 4) is 23.0 Å². The van der Waals surface area contributed by atoms with E-state index < -0.39 is 0 Å². The highest BCUT2D eigenvalue weighted by atomic mass is 16.5. The highest BCUT2D eigenvalue weighted by Gasteiger charge is 2.28. The standard InChI is InChI=1S/C26H20O5/c1-28-20-8-6-17(7-9-20)15-29-21-10-11-22-24(14-21)31-25(26(22)27)13-18-12-19-4-2-3-5-23(19)30-16-18/h2-14H,15-16H2,1H3/b25-13-. The van der Waals surface area contributed by atoms with Gasteiger partial charge in [-0.1, -0.05) is 30.3 Å². The quantitative estimate of drug-likeness (QED) is 0.539. The number of fused-ring (bicyclic) bond motifs is 2. The Hall–Kier alpha value is -3.99. The van der Waals surface area contributed by atoms with Crippen LogP contribution in [0.5, 0.6) is 23.0 Å². The molecule has 154 valence electrons. The number of ketones is 1. The Kier molecular flexibility index (Phi) is 4.92. The maximum Gasteiger partial charge on any atom is 0.231 e. The molecule has 31 heavy (non-hydrogen) atoms. The number of hydrogen-bond donors (Lipinski definition) is 0. The molecule has 0 saturated heterocycles. The van der Waals surface area contributed by atoms with E-state index in [0.717, 1.165) is 28.2 Å². The molecule has 0 fully saturated rings. The van der Waals surface area contributed by atoms with E-state index in [9.17, 15) is 4.79 Å². The molecule has 0 atom stereocenters. The summed E-state index contributed by atoms with van der Waals surface area (Å²) in [6, 6.07) is 20.7. The number of Topliss-reactive ketones (excluding diaryl/α,β-unsaturated/α-hetero) is 1. The first-order chi connectivity index (χ1) is 15.2. The molecule has 2 heterocycles. The monoisotopic (exact) mass is 412 g/mol. The van der Waals surface area contributed by atoms with Gasteiger partial charge in [0.15, 0.2) is 5.76 Å². The van der Waals surface area contributed by atoms with Crippen LogP contribution in [0.3, 0.4) is 0 Å². The van der Waals surface area contributed by atoms with Crippen LogP contribution in [0.25, 0.3) is 6.08 Å².